The maximum atomic E-state index is 6.29. The summed E-state index contributed by atoms with van der Waals surface area (Å²) in [5.74, 6) is 0.862. The number of rotatable bonds is 7. The quantitative estimate of drug-likeness (QED) is 0.159. The van der Waals surface area contributed by atoms with Crippen LogP contribution in [0.4, 0.5) is 34.3 Å². The number of fused-ring (bicyclic) bond motifs is 13. The second-order valence-electron chi connectivity index (χ2n) is 17.0. The lowest BCUT2D eigenvalue weighted by molar-refractivity contribution is 0.669. The molecule has 0 aliphatic heterocycles. The first-order valence-corrected chi connectivity index (χ1v) is 23.7. The molecule has 0 saturated heterocycles. The Morgan fingerprint density at radius 2 is 0.955 bits per heavy atom. The van der Waals surface area contributed by atoms with E-state index in [1.807, 2.05) is 24.4 Å². The largest absolute Gasteiger partial charge is 0.456 e. The minimum absolute atomic E-state index is 0.557. The van der Waals surface area contributed by atoms with Crippen molar-refractivity contribution in [2.24, 2.45) is 0 Å². The monoisotopic (exact) mass is 973 g/mol. The molecule has 2 aliphatic carbocycles. The summed E-state index contributed by atoms with van der Waals surface area (Å²) >= 11 is 7.88. The Bertz CT molecular complexity index is 3610. The summed E-state index contributed by atoms with van der Waals surface area (Å²) in [6, 6.07) is 78.6. The van der Waals surface area contributed by atoms with Crippen molar-refractivity contribution >= 4 is 88.1 Å². The molecule has 0 saturated carbocycles. The van der Waals surface area contributed by atoms with Gasteiger partial charge in [-0.15, -0.1) is 0 Å². The topological polar surface area (TPSA) is 32.5 Å². The van der Waals surface area contributed by atoms with Gasteiger partial charge in [-0.3, -0.25) is 4.90 Å². The number of nitrogens with zero attached hydrogens (tertiary/aromatic N) is 3. The summed E-state index contributed by atoms with van der Waals surface area (Å²) in [5, 5.41) is 2.15. The van der Waals surface area contributed by atoms with Crippen molar-refractivity contribution in [3.63, 3.8) is 0 Å². The fourth-order valence-corrected chi connectivity index (χ4v) is 11.6. The van der Waals surface area contributed by atoms with Crippen molar-refractivity contribution in [2.75, 3.05) is 9.80 Å². The van der Waals surface area contributed by atoms with Crippen molar-refractivity contribution in [3.8, 4) is 33.4 Å². The van der Waals surface area contributed by atoms with Crippen LogP contribution in [0.25, 0.3) is 55.3 Å². The first-order valence-electron chi connectivity index (χ1n) is 22.1. The Morgan fingerprint density at radius 3 is 1.68 bits per heavy atom. The van der Waals surface area contributed by atoms with Gasteiger partial charge in [-0.1, -0.05) is 141 Å². The molecular formula is C60H37Br2N3O. The third-order valence-electron chi connectivity index (χ3n) is 13.4. The highest BCUT2D eigenvalue weighted by molar-refractivity contribution is 9.10. The molecule has 0 atom stereocenters. The Labute approximate surface area is 399 Å². The van der Waals surface area contributed by atoms with Gasteiger partial charge in [0.1, 0.15) is 17.0 Å². The smallest absolute Gasteiger partial charge is 0.137 e. The summed E-state index contributed by atoms with van der Waals surface area (Å²) in [5.41, 5.74) is 18.7. The lowest BCUT2D eigenvalue weighted by atomic mass is 9.70. The number of halogens is 2. The molecule has 1 spiro atoms. The maximum absolute atomic E-state index is 6.29. The molecule has 2 aromatic heterocycles. The van der Waals surface area contributed by atoms with E-state index in [0.29, 0.717) is 0 Å². The maximum Gasteiger partial charge on any atom is 0.137 e. The third kappa shape index (κ3) is 5.91. The van der Waals surface area contributed by atoms with Gasteiger partial charge in [0.15, 0.2) is 0 Å². The number of pyridine rings is 1. The van der Waals surface area contributed by atoms with E-state index >= 15 is 0 Å². The van der Waals surface area contributed by atoms with E-state index in [0.717, 1.165) is 76.3 Å². The molecule has 0 amide bonds. The molecule has 0 unspecified atom stereocenters. The molecule has 66 heavy (non-hydrogen) atoms. The molecule has 9 aromatic carbocycles. The van der Waals surface area contributed by atoms with Crippen molar-refractivity contribution < 1.29 is 4.42 Å². The van der Waals surface area contributed by atoms with Crippen molar-refractivity contribution in [1.82, 2.24) is 4.98 Å². The zero-order chi connectivity index (χ0) is 43.9. The SMILES string of the molecule is Brc1ccc2oc3ccc(N(c4ccccc4)c4cccc(-c5cc6c(cc5Br)C5(c7ccccc7-c7ccccc75)c5cc(N(c7ccccc7)c7ccccn7)ccc5-6)c4)cc3c2c1. The number of anilines is 6. The Hall–Kier alpha value is -7.51. The van der Waals surface area contributed by atoms with E-state index in [-0.39, 0.29) is 0 Å². The van der Waals surface area contributed by atoms with E-state index in [4.69, 9.17) is 9.40 Å². The van der Waals surface area contributed by atoms with Gasteiger partial charge in [0, 0.05) is 54.4 Å². The van der Waals surface area contributed by atoms with Gasteiger partial charge in [-0.25, -0.2) is 4.98 Å². The Kier molecular flexibility index (Phi) is 9.02. The van der Waals surface area contributed by atoms with Gasteiger partial charge in [-0.2, -0.15) is 0 Å². The number of para-hydroxylation sites is 2. The molecule has 11 aromatic rings. The zero-order valence-corrected chi connectivity index (χ0v) is 38.5. The molecule has 6 heteroatoms. The van der Waals surface area contributed by atoms with Gasteiger partial charge in [0.05, 0.1) is 5.41 Å². The summed E-state index contributed by atoms with van der Waals surface area (Å²) in [6.45, 7) is 0. The van der Waals surface area contributed by atoms with Crippen LogP contribution in [0.5, 0.6) is 0 Å². The highest BCUT2D eigenvalue weighted by Gasteiger charge is 2.52. The summed E-state index contributed by atoms with van der Waals surface area (Å²) in [6.07, 6.45) is 1.87. The highest BCUT2D eigenvalue weighted by Crippen LogP contribution is 2.64. The van der Waals surface area contributed by atoms with Crippen LogP contribution in [-0.4, -0.2) is 4.98 Å². The third-order valence-corrected chi connectivity index (χ3v) is 14.6. The van der Waals surface area contributed by atoms with Gasteiger partial charge >= 0.3 is 0 Å². The average molecular weight is 976 g/mol. The van der Waals surface area contributed by atoms with Crippen LogP contribution in [-0.2, 0) is 5.41 Å². The van der Waals surface area contributed by atoms with Crippen LogP contribution in [0.2, 0.25) is 0 Å². The average Bonchev–Trinajstić information content (AvgIpc) is 3.98. The first-order chi connectivity index (χ1) is 32.5. The van der Waals surface area contributed by atoms with E-state index in [1.165, 1.54) is 44.5 Å². The Morgan fingerprint density at radius 1 is 0.379 bits per heavy atom. The standard InChI is InChI=1S/C60H37Br2N3O/c61-39-25-29-57-50(33-39)51-34-43(27-30-58(51)66-57)64(40-15-3-1-4-16-40)42-19-13-14-38(32-42)48-36-49-47-28-26-44(65(41-17-5-2-6-18-41)59-24-11-12-31-63-59)35-54(47)60(55(49)37-56(48)62)52-22-9-7-20-45(52)46-21-8-10-23-53(46)60/h1-37H. The Balaban J connectivity index is 1.01. The predicted octanol–water partition coefficient (Wildman–Crippen LogP) is 17.5. The first kappa shape index (κ1) is 38.9. The molecule has 0 N–H and O–H groups in total. The molecule has 4 nitrogen and oxygen atoms in total. The van der Waals surface area contributed by atoms with Gasteiger partial charge in [0.25, 0.3) is 0 Å². The van der Waals surface area contributed by atoms with Gasteiger partial charge < -0.3 is 9.32 Å². The zero-order valence-electron chi connectivity index (χ0n) is 35.4. The molecule has 2 heterocycles. The van der Waals surface area contributed by atoms with Crippen LogP contribution >= 0.6 is 31.9 Å². The minimum Gasteiger partial charge on any atom is -0.456 e. The number of aromatic nitrogens is 1. The van der Waals surface area contributed by atoms with Crippen LogP contribution < -0.4 is 9.80 Å². The molecule has 0 fully saturated rings. The molecule has 0 bridgehead atoms. The predicted molar refractivity (Wildman–Crippen MR) is 278 cm³/mol. The number of hydrogen-bond acceptors (Lipinski definition) is 4. The highest BCUT2D eigenvalue weighted by atomic mass is 79.9. The van der Waals surface area contributed by atoms with Crippen LogP contribution in [0.15, 0.2) is 238 Å². The molecular weight excluding hydrogens is 938 g/mol. The normalized spacial score (nSPS) is 12.8. The lowest BCUT2D eigenvalue weighted by Crippen LogP contribution is -2.26. The van der Waals surface area contributed by atoms with Crippen molar-refractivity contribution in [1.29, 1.82) is 0 Å². The van der Waals surface area contributed by atoms with E-state index in [2.05, 4.69) is 242 Å². The summed E-state index contributed by atoms with van der Waals surface area (Å²) in [7, 11) is 0. The van der Waals surface area contributed by atoms with E-state index < -0.39 is 5.41 Å². The molecule has 312 valence electrons. The lowest BCUT2D eigenvalue weighted by Gasteiger charge is -2.32. The second-order valence-corrected chi connectivity index (χ2v) is 18.7. The van der Waals surface area contributed by atoms with Crippen molar-refractivity contribution in [3.05, 3.63) is 256 Å². The summed E-state index contributed by atoms with van der Waals surface area (Å²) < 4.78 is 8.34. The summed E-state index contributed by atoms with van der Waals surface area (Å²) in [4.78, 5) is 9.47. The molecule has 2 aliphatic rings. The second kappa shape index (κ2) is 15.3. The van der Waals surface area contributed by atoms with Crippen LogP contribution in [0, 0.1) is 0 Å². The van der Waals surface area contributed by atoms with Crippen LogP contribution in [0.1, 0.15) is 22.3 Å². The number of benzene rings is 9. The fourth-order valence-electron chi connectivity index (χ4n) is 10.7. The van der Waals surface area contributed by atoms with E-state index in [1.54, 1.807) is 0 Å². The van der Waals surface area contributed by atoms with E-state index in [9.17, 15) is 0 Å². The van der Waals surface area contributed by atoms with Gasteiger partial charge in [-0.05, 0) is 165 Å². The minimum atomic E-state index is -0.557. The molecule has 0 radical (unpaired) electrons. The van der Waals surface area contributed by atoms with Crippen molar-refractivity contribution in [2.45, 2.75) is 5.41 Å². The van der Waals surface area contributed by atoms with Crippen LogP contribution in [0.3, 0.4) is 0 Å². The fraction of sp³-hybridized carbons (Fsp3) is 0.0167. The number of hydrogen-bond donors (Lipinski definition) is 0. The number of furan rings is 1. The van der Waals surface area contributed by atoms with Gasteiger partial charge in [0.2, 0.25) is 0 Å². The molecule has 13 rings (SSSR count).